The zero-order valence-electron chi connectivity index (χ0n) is 8.65. The summed E-state index contributed by atoms with van der Waals surface area (Å²) in [5.74, 6) is -10.9. The third-order valence-corrected chi connectivity index (χ3v) is 2.38. The number of phenolic OH excluding ortho intramolecular Hbond substituents is 1. The van der Waals surface area contributed by atoms with E-state index in [0.717, 1.165) is 12.1 Å². The topological polar surface area (TPSA) is 20.2 Å². The lowest BCUT2D eigenvalue weighted by atomic mass is 10.0. The van der Waals surface area contributed by atoms with Crippen LogP contribution in [0.2, 0.25) is 0 Å². The quantitative estimate of drug-likeness (QED) is 0.470. The molecule has 0 amide bonds. The summed E-state index contributed by atoms with van der Waals surface area (Å²) in [5, 5.41) is 9.39. The Morgan fingerprint density at radius 1 is 0.667 bits per heavy atom. The van der Waals surface area contributed by atoms with Crippen LogP contribution in [-0.2, 0) is 0 Å². The van der Waals surface area contributed by atoms with Gasteiger partial charge >= 0.3 is 0 Å². The minimum Gasteiger partial charge on any atom is -0.507 e. The van der Waals surface area contributed by atoms with Crippen molar-refractivity contribution < 1.29 is 27.1 Å². The first kappa shape index (κ1) is 12.3. The first-order valence-corrected chi connectivity index (χ1v) is 4.75. The number of halogens is 5. The van der Waals surface area contributed by atoms with Crippen LogP contribution in [0.3, 0.4) is 0 Å². The molecule has 2 aromatic rings. The van der Waals surface area contributed by atoms with Crippen molar-refractivity contribution in [2.24, 2.45) is 0 Å². The first-order chi connectivity index (χ1) is 8.45. The molecule has 0 fully saturated rings. The number of phenols is 1. The van der Waals surface area contributed by atoms with E-state index in [9.17, 15) is 27.1 Å². The van der Waals surface area contributed by atoms with Crippen LogP contribution in [0.15, 0.2) is 24.3 Å². The molecule has 1 nitrogen and oxygen atoms in total. The van der Waals surface area contributed by atoms with Gasteiger partial charge in [-0.25, -0.2) is 22.0 Å². The van der Waals surface area contributed by atoms with Crippen LogP contribution in [-0.4, -0.2) is 5.11 Å². The van der Waals surface area contributed by atoms with Crippen LogP contribution in [0.1, 0.15) is 0 Å². The number of para-hydroxylation sites is 1. The summed E-state index contributed by atoms with van der Waals surface area (Å²) in [6, 6.07) is 4.78. The third kappa shape index (κ3) is 1.70. The summed E-state index contributed by atoms with van der Waals surface area (Å²) in [6.45, 7) is 0. The lowest BCUT2D eigenvalue weighted by Gasteiger charge is -2.09. The average Bonchev–Trinajstić information content (AvgIpc) is 2.36. The van der Waals surface area contributed by atoms with Crippen molar-refractivity contribution in [3.05, 3.63) is 53.4 Å². The lowest BCUT2D eigenvalue weighted by molar-refractivity contribution is 0.380. The molecule has 0 spiro atoms. The normalized spacial score (nSPS) is 10.7. The monoisotopic (exact) mass is 260 g/mol. The summed E-state index contributed by atoms with van der Waals surface area (Å²) in [6.07, 6.45) is 0. The van der Waals surface area contributed by atoms with Gasteiger partial charge in [0.1, 0.15) is 5.75 Å². The fourth-order valence-electron chi connectivity index (χ4n) is 1.53. The highest BCUT2D eigenvalue weighted by atomic mass is 19.2. The summed E-state index contributed by atoms with van der Waals surface area (Å²) in [5.41, 5.74) is -1.62. The molecular formula is C12H5F5O. The van der Waals surface area contributed by atoms with Crippen molar-refractivity contribution >= 4 is 0 Å². The van der Waals surface area contributed by atoms with Crippen molar-refractivity contribution in [2.45, 2.75) is 0 Å². The van der Waals surface area contributed by atoms with Gasteiger partial charge in [0.15, 0.2) is 23.3 Å². The zero-order valence-corrected chi connectivity index (χ0v) is 8.65. The number of rotatable bonds is 1. The smallest absolute Gasteiger partial charge is 0.200 e. The Hall–Kier alpha value is -2.11. The second kappa shape index (κ2) is 4.29. The summed E-state index contributed by atoms with van der Waals surface area (Å²) < 4.78 is 65.7. The molecule has 2 rings (SSSR count). The first-order valence-electron chi connectivity index (χ1n) is 4.75. The third-order valence-electron chi connectivity index (χ3n) is 2.38. The summed E-state index contributed by atoms with van der Waals surface area (Å²) in [4.78, 5) is 0. The van der Waals surface area contributed by atoms with E-state index >= 15 is 0 Å². The van der Waals surface area contributed by atoms with Crippen molar-refractivity contribution in [3.63, 3.8) is 0 Å². The molecule has 0 saturated heterocycles. The van der Waals surface area contributed by atoms with E-state index in [1.165, 1.54) is 12.1 Å². The molecule has 0 unspecified atom stereocenters. The van der Waals surface area contributed by atoms with Crippen LogP contribution in [0.5, 0.6) is 5.75 Å². The number of hydrogen-bond acceptors (Lipinski definition) is 1. The highest BCUT2D eigenvalue weighted by molar-refractivity contribution is 5.71. The number of aromatic hydroxyl groups is 1. The number of benzene rings is 2. The molecule has 2 aromatic carbocycles. The van der Waals surface area contributed by atoms with Gasteiger partial charge in [0.05, 0.1) is 5.56 Å². The van der Waals surface area contributed by atoms with Gasteiger partial charge in [0, 0.05) is 5.56 Å². The Morgan fingerprint density at radius 2 is 1.11 bits per heavy atom. The Kier molecular flexibility index (Phi) is 2.94. The van der Waals surface area contributed by atoms with E-state index in [4.69, 9.17) is 0 Å². The molecule has 1 N–H and O–H groups in total. The molecule has 6 heteroatoms. The van der Waals surface area contributed by atoms with Crippen molar-refractivity contribution in [1.29, 1.82) is 0 Å². The molecule has 0 aliphatic rings. The highest BCUT2D eigenvalue weighted by Gasteiger charge is 2.27. The maximum Gasteiger partial charge on any atom is 0.200 e. The molecule has 0 aliphatic heterocycles. The van der Waals surface area contributed by atoms with Crippen LogP contribution in [0.25, 0.3) is 11.1 Å². The van der Waals surface area contributed by atoms with Crippen LogP contribution in [0.4, 0.5) is 22.0 Å². The van der Waals surface area contributed by atoms with E-state index in [2.05, 4.69) is 0 Å². The van der Waals surface area contributed by atoms with Gasteiger partial charge in [0.2, 0.25) is 5.82 Å². The van der Waals surface area contributed by atoms with E-state index < -0.39 is 46.0 Å². The lowest BCUT2D eigenvalue weighted by Crippen LogP contribution is -2.04. The van der Waals surface area contributed by atoms with Gasteiger partial charge < -0.3 is 5.11 Å². The van der Waals surface area contributed by atoms with Crippen LogP contribution >= 0.6 is 0 Å². The Labute approximate surface area is 98.1 Å². The van der Waals surface area contributed by atoms with Gasteiger partial charge in [-0.3, -0.25) is 0 Å². The predicted molar refractivity (Wildman–Crippen MR) is 53.3 cm³/mol. The molecule has 0 heterocycles. The van der Waals surface area contributed by atoms with E-state index in [0.29, 0.717) is 0 Å². The van der Waals surface area contributed by atoms with Crippen molar-refractivity contribution in [3.8, 4) is 16.9 Å². The number of hydrogen-bond donors (Lipinski definition) is 1. The zero-order chi connectivity index (χ0) is 13.4. The van der Waals surface area contributed by atoms with Crippen LogP contribution in [0, 0.1) is 29.1 Å². The second-order valence-corrected chi connectivity index (χ2v) is 3.46. The highest BCUT2D eigenvalue weighted by Crippen LogP contribution is 2.35. The maximum atomic E-state index is 13.4. The largest absolute Gasteiger partial charge is 0.507 e. The molecule has 0 aliphatic carbocycles. The Morgan fingerprint density at radius 3 is 1.61 bits per heavy atom. The minimum absolute atomic E-state index is 0.467. The second-order valence-electron chi connectivity index (χ2n) is 3.46. The predicted octanol–water partition coefficient (Wildman–Crippen LogP) is 3.75. The fourth-order valence-corrected chi connectivity index (χ4v) is 1.53. The molecule has 0 radical (unpaired) electrons. The van der Waals surface area contributed by atoms with Gasteiger partial charge in [0.25, 0.3) is 0 Å². The van der Waals surface area contributed by atoms with Crippen molar-refractivity contribution in [1.82, 2.24) is 0 Å². The fraction of sp³-hybridized carbons (Fsp3) is 0. The van der Waals surface area contributed by atoms with Crippen molar-refractivity contribution in [2.75, 3.05) is 0 Å². The molecule has 94 valence electrons. The van der Waals surface area contributed by atoms with Gasteiger partial charge in [-0.2, -0.15) is 0 Å². The average molecular weight is 260 g/mol. The summed E-state index contributed by atoms with van der Waals surface area (Å²) in [7, 11) is 0. The van der Waals surface area contributed by atoms with E-state index in [1.807, 2.05) is 0 Å². The maximum absolute atomic E-state index is 13.4. The molecular weight excluding hydrogens is 255 g/mol. The molecule has 0 atom stereocenters. The van der Waals surface area contributed by atoms with Crippen LogP contribution < -0.4 is 0 Å². The molecule has 18 heavy (non-hydrogen) atoms. The molecule has 0 saturated carbocycles. The van der Waals surface area contributed by atoms with E-state index in [1.54, 1.807) is 0 Å². The Balaban J connectivity index is 2.85. The molecule has 0 aromatic heterocycles. The van der Waals surface area contributed by atoms with Gasteiger partial charge in [-0.05, 0) is 6.07 Å². The SMILES string of the molecule is Oc1ccccc1-c1c(F)c(F)c(F)c(F)c1F. The summed E-state index contributed by atoms with van der Waals surface area (Å²) >= 11 is 0. The standard InChI is InChI=1S/C12H5F5O/c13-8-7(5-3-1-2-4-6(5)18)9(14)11(16)12(17)10(8)15/h1-4,18H. The van der Waals surface area contributed by atoms with Gasteiger partial charge in [-0.1, -0.05) is 18.2 Å². The van der Waals surface area contributed by atoms with E-state index in [-0.39, 0.29) is 0 Å². The minimum atomic E-state index is -2.23. The Bertz CT molecular complexity index is 595. The van der Waals surface area contributed by atoms with Gasteiger partial charge in [-0.15, -0.1) is 0 Å². The molecule has 0 bridgehead atoms.